The summed E-state index contributed by atoms with van der Waals surface area (Å²) in [4.78, 5) is 11.6. The Bertz CT molecular complexity index is 527. The van der Waals surface area contributed by atoms with Gasteiger partial charge in [0.1, 0.15) is 11.1 Å². The molecule has 0 radical (unpaired) electrons. The topological polar surface area (TPSA) is 72.5 Å². The maximum atomic E-state index is 12.8. The van der Waals surface area contributed by atoms with Gasteiger partial charge in [0.05, 0.1) is 11.5 Å². The molecule has 0 spiro atoms. The number of methoxy groups -OCH3 is 1. The number of carbonyl (C=O) groups is 1. The molecule has 0 saturated heterocycles. The zero-order valence-electron chi connectivity index (χ0n) is 10.7. The van der Waals surface area contributed by atoms with Crippen molar-refractivity contribution in [3.05, 3.63) is 30.1 Å². The van der Waals surface area contributed by atoms with E-state index in [0.717, 1.165) is 24.3 Å². The summed E-state index contributed by atoms with van der Waals surface area (Å²) in [5.41, 5.74) is 0. The predicted octanol–water partition coefficient (Wildman–Crippen LogP) is 0.750. The third-order valence-corrected chi connectivity index (χ3v) is 4.66. The maximum absolute atomic E-state index is 12.8. The summed E-state index contributed by atoms with van der Waals surface area (Å²) in [5.74, 6) is -1.14. The van der Waals surface area contributed by atoms with Crippen molar-refractivity contribution < 1.29 is 22.3 Å². The number of benzene rings is 1. The van der Waals surface area contributed by atoms with Crippen molar-refractivity contribution in [2.75, 3.05) is 20.3 Å². The molecule has 1 N–H and O–H groups in total. The standard InChI is InChI=1S/C12H16FNO4S/c1-9(12(15)14-7-8-18-2)19(16,17)11-5-3-10(13)4-6-11/h3-6,9H,7-8H2,1-2H3,(H,14,15). The van der Waals surface area contributed by atoms with Gasteiger partial charge in [-0.3, -0.25) is 4.79 Å². The van der Waals surface area contributed by atoms with E-state index < -0.39 is 26.8 Å². The average molecular weight is 289 g/mol. The van der Waals surface area contributed by atoms with E-state index in [2.05, 4.69) is 5.32 Å². The molecule has 1 aromatic carbocycles. The van der Waals surface area contributed by atoms with E-state index in [9.17, 15) is 17.6 Å². The molecular formula is C12H16FNO4S. The highest BCUT2D eigenvalue weighted by Gasteiger charge is 2.29. The second-order valence-electron chi connectivity index (χ2n) is 3.92. The van der Waals surface area contributed by atoms with Gasteiger partial charge >= 0.3 is 0 Å². The Morgan fingerprint density at radius 1 is 1.37 bits per heavy atom. The molecule has 7 heteroatoms. The van der Waals surface area contributed by atoms with E-state index in [1.807, 2.05) is 0 Å². The lowest BCUT2D eigenvalue weighted by atomic mass is 10.3. The zero-order chi connectivity index (χ0) is 14.5. The molecule has 0 fully saturated rings. The van der Waals surface area contributed by atoms with Crippen LogP contribution in [-0.2, 0) is 19.4 Å². The Morgan fingerprint density at radius 2 is 1.95 bits per heavy atom. The summed E-state index contributed by atoms with van der Waals surface area (Å²) >= 11 is 0. The Balaban J connectivity index is 2.82. The number of hydrogen-bond donors (Lipinski definition) is 1. The zero-order valence-corrected chi connectivity index (χ0v) is 11.5. The van der Waals surface area contributed by atoms with Gasteiger partial charge in [-0.1, -0.05) is 0 Å². The quantitative estimate of drug-likeness (QED) is 0.619. The fourth-order valence-corrected chi connectivity index (χ4v) is 2.68. The van der Waals surface area contributed by atoms with E-state index in [4.69, 9.17) is 4.74 Å². The van der Waals surface area contributed by atoms with Crippen LogP contribution in [0.5, 0.6) is 0 Å². The predicted molar refractivity (Wildman–Crippen MR) is 67.9 cm³/mol. The first-order valence-corrected chi connectivity index (χ1v) is 7.20. The first-order valence-electron chi connectivity index (χ1n) is 5.65. The highest BCUT2D eigenvalue weighted by molar-refractivity contribution is 7.92. The summed E-state index contributed by atoms with van der Waals surface area (Å²) in [6, 6.07) is 4.37. The molecule has 5 nitrogen and oxygen atoms in total. The average Bonchev–Trinajstić information content (AvgIpc) is 2.38. The smallest absolute Gasteiger partial charge is 0.238 e. The highest BCUT2D eigenvalue weighted by atomic mass is 32.2. The molecule has 1 unspecified atom stereocenters. The number of ether oxygens (including phenoxy) is 1. The fourth-order valence-electron chi connectivity index (χ4n) is 1.39. The van der Waals surface area contributed by atoms with Gasteiger partial charge in [0.15, 0.2) is 9.84 Å². The lowest BCUT2D eigenvalue weighted by molar-refractivity contribution is -0.120. The minimum Gasteiger partial charge on any atom is -0.383 e. The van der Waals surface area contributed by atoms with Crippen LogP contribution in [0.3, 0.4) is 0 Å². The lowest BCUT2D eigenvalue weighted by Crippen LogP contribution is -2.39. The molecule has 1 rings (SSSR count). The maximum Gasteiger partial charge on any atom is 0.238 e. The van der Waals surface area contributed by atoms with Crippen LogP contribution in [0, 0.1) is 5.82 Å². The lowest BCUT2D eigenvalue weighted by Gasteiger charge is -2.13. The Hall–Kier alpha value is -1.47. The van der Waals surface area contributed by atoms with Gasteiger partial charge < -0.3 is 10.1 Å². The summed E-state index contributed by atoms with van der Waals surface area (Å²) in [6.07, 6.45) is 0. The monoisotopic (exact) mass is 289 g/mol. The van der Waals surface area contributed by atoms with Gasteiger partial charge in [-0.25, -0.2) is 12.8 Å². The van der Waals surface area contributed by atoms with Crippen LogP contribution in [0.1, 0.15) is 6.92 Å². The fraction of sp³-hybridized carbons (Fsp3) is 0.417. The molecule has 0 heterocycles. The van der Waals surface area contributed by atoms with E-state index in [1.165, 1.54) is 14.0 Å². The van der Waals surface area contributed by atoms with Gasteiger partial charge in [-0.05, 0) is 31.2 Å². The third kappa shape index (κ3) is 4.00. The first kappa shape index (κ1) is 15.6. The van der Waals surface area contributed by atoms with Crippen LogP contribution in [0.25, 0.3) is 0 Å². The number of rotatable bonds is 6. The number of sulfone groups is 1. The SMILES string of the molecule is COCCNC(=O)C(C)S(=O)(=O)c1ccc(F)cc1. The molecule has 1 atom stereocenters. The third-order valence-electron chi connectivity index (χ3n) is 2.58. The van der Waals surface area contributed by atoms with Crippen LogP contribution in [0.15, 0.2) is 29.2 Å². The molecule has 0 aliphatic rings. The van der Waals surface area contributed by atoms with E-state index in [0.29, 0.717) is 6.61 Å². The van der Waals surface area contributed by atoms with Crippen molar-refractivity contribution in [1.82, 2.24) is 5.32 Å². The van der Waals surface area contributed by atoms with Crippen molar-refractivity contribution in [1.29, 1.82) is 0 Å². The van der Waals surface area contributed by atoms with Crippen molar-refractivity contribution in [2.45, 2.75) is 17.1 Å². The van der Waals surface area contributed by atoms with Crippen LogP contribution in [0.2, 0.25) is 0 Å². The van der Waals surface area contributed by atoms with E-state index in [-0.39, 0.29) is 11.4 Å². The molecule has 0 bridgehead atoms. The number of nitrogens with one attached hydrogen (secondary N) is 1. The molecule has 0 aliphatic heterocycles. The Labute approximate surface area is 111 Å². The number of halogens is 1. The highest BCUT2D eigenvalue weighted by Crippen LogP contribution is 2.16. The van der Waals surface area contributed by atoms with Crippen LogP contribution in [-0.4, -0.2) is 39.8 Å². The summed E-state index contributed by atoms with van der Waals surface area (Å²) < 4.78 is 41.7. The molecule has 0 aliphatic carbocycles. The van der Waals surface area contributed by atoms with E-state index >= 15 is 0 Å². The molecule has 106 valence electrons. The van der Waals surface area contributed by atoms with E-state index in [1.54, 1.807) is 0 Å². The molecule has 1 aromatic rings. The summed E-state index contributed by atoms with van der Waals surface area (Å²) in [5, 5.41) is 1.21. The van der Waals surface area contributed by atoms with Crippen LogP contribution < -0.4 is 5.32 Å². The van der Waals surface area contributed by atoms with Gasteiger partial charge in [-0.15, -0.1) is 0 Å². The molecule has 19 heavy (non-hydrogen) atoms. The minimum atomic E-state index is -3.81. The second kappa shape index (κ2) is 6.63. The summed E-state index contributed by atoms with van der Waals surface area (Å²) in [6.45, 7) is 1.83. The number of carbonyl (C=O) groups excluding carboxylic acids is 1. The molecular weight excluding hydrogens is 273 g/mol. The van der Waals surface area contributed by atoms with Crippen LogP contribution in [0.4, 0.5) is 4.39 Å². The normalized spacial score (nSPS) is 13.0. The van der Waals surface area contributed by atoms with Crippen molar-refractivity contribution in [3.8, 4) is 0 Å². The van der Waals surface area contributed by atoms with Crippen molar-refractivity contribution in [3.63, 3.8) is 0 Å². The van der Waals surface area contributed by atoms with Gasteiger partial charge in [0.25, 0.3) is 0 Å². The molecule has 0 saturated carbocycles. The Morgan fingerprint density at radius 3 is 2.47 bits per heavy atom. The number of hydrogen-bond acceptors (Lipinski definition) is 4. The first-order chi connectivity index (χ1) is 8.89. The second-order valence-corrected chi connectivity index (χ2v) is 6.19. The van der Waals surface area contributed by atoms with Gasteiger partial charge in [0, 0.05) is 13.7 Å². The largest absolute Gasteiger partial charge is 0.383 e. The Kier molecular flexibility index (Phi) is 5.44. The number of amides is 1. The van der Waals surface area contributed by atoms with Gasteiger partial charge in [0.2, 0.25) is 5.91 Å². The van der Waals surface area contributed by atoms with Crippen molar-refractivity contribution in [2.24, 2.45) is 0 Å². The minimum absolute atomic E-state index is 0.0803. The van der Waals surface area contributed by atoms with Gasteiger partial charge in [-0.2, -0.15) is 0 Å². The summed E-state index contributed by atoms with van der Waals surface area (Å²) in [7, 11) is -2.33. The van der Waals surface area contributed by atoms with Crippen LogP contribution >= 0.6 is 0 Å². The molecule has 0 aromatic heterocycles. The van der Waals surface area contributed by atoms with Crippen molar-refractivity contribution >= 4 is 15.7 Å². The molecule has 1 amide bonds.